The van der Waals surface area contributed by atoms with Gasteiger partial charge in [0, 0.05) is 61.5 Å². The van der Waals surface area contributed by atoms with Crippen LogP contribution in [0.5, 0.6) is 0 Å². The van der Waals surface area contributed by atoms with Gasteiger partial charge in [-0.15, -0.1) is 0 Å². The highest BCUT2D eigenvalue weighted by atomic mass is 19.1. The largest absolute Gasteiger partial charge is 0.381 e. The minimum Gasteiger partial charge on any atom is -0.381 e. The van der Waals surface area contributed by atoms with Crippen molar-refractivity contribution in [2.45, 2.75) is 38.5 Å². The Morgan fingerprint density at radius 3 is 2.82 bits per heavy atom. The zero-order chi connectivity index (χ0) is 26.3. The first kappa shape index (κ1) is 19.1. The number of hydrogen-bond acceptors (Lipinski definition) is 6. The van der Waals surface area contributed by atoms with E-state index in [-0.39, 0.29) is 73.5 Å². The highest BCUT2D eigenvalue weighted by Crippen LogP contribution is 2.32. The predicted octanol–water partition coefficient (Wildman–Crippen LogP) is 2.03. The van der Waals surface area contributed by atoms with Crippen LogP contribution in [-0.2, 0) is 34.0 Å². The van der Waals surface area contributed by atoms with Gasteiger partial charge in [0.05, 0.1) is 17.3 Å². The molecule has 2 aromatic rings. The van der Waals surface area contributed by atoms with Crippen molar-refractivity contribution in [3.8, 4) is 0 Å². The maximum Gasteiger partial charge on any atom is 0.255 e. The summed E-state index contributed by atoms with van der Waals surface area (Å²) in [6, 6.07) is 3.44. The highest BCUT2D eigenvalue weighted by molar-refractivity contribution is 6.06. The van der Waals surface area contributed by atoms with Crippen LogP contribution in [0.3, 0.4) is 0 Å². The minimum absolute atomic E-state index is 0.0929. The van der Waals surface area contributed by atoms with Crippen LogP contribution in [-0.4, -0.2) is 59.9 Å². The number of carbonyl (C=O) groups is 3. The van der Waals surface area contributed by atoms with E-state index in [2.05, 4.69) is 10.6 Å². The molecule has 0 spiro atoms. The van der Waals surface area contributed by atoms with Gasteiger partial charge < -0.3 is 15.0 Å². The SMILES string of the molecule is [2H]c1c([2H])c(CNc2cccc3c2CN([C@@H]2CCC(=O)NC2=O)C3=O)c(F)c([2H])c1CN1CCOCC1. The minimum atomic E-state index is -0.842. The first-order chi connectivity index (χ1) is 17.8. The second-order valence-electron chi connectivity index (χ2n) is 8.62. The molecule has 2 saturated heterocycles. The van der Waals surface area contributed by atoms with E-state index in [9.17, 15) is 14.4 Å². The lowest BCUT2D eigenvalue weighted by Crippen LogP contribution is -2.52. The van der Waals surface area contributed by atoms with Crippen LogP contribution >= 0.6 is 0 Å². The summed E-state index contributed by atoms with van der Waals surface area (Å²) in [7, 11) is 0. The number of anilines is 1. The van der Waals surface area contributed by atoms with E-state index in [4.69, 9.17) is 8.85 Å². The van der Waals surface area contributed by atoms with Crippen molar-refractivity contribution in [2.24, 2.45) is 0 Å². The molecule has 3 amide bonds. The molecule has 0 saturated carbocycles. The van der Waals surface area contributed by atoms with Gasteiger partial charge in [0.1, 0.15) is 11.9 Å². The predicted molar refractivity (Wildman–Crippen MR) is 122 cm³/mol. The van der Waals surface area contributed by atoms with Crippen molar-refractivity contribution < 1.29 is 27.6 Å². The van der Waals surface area contributed by atoms with Crippen LogP contribution in [0.2, 0.25) is 0 Å². The third kappa shape index (κ3) is 4.53. The molecule has 0 aromatic heterocycles. The Labute approximate surface area is 201 Å². The normalized spacial score (nSPS) is 22.1. The molecule has 2 N–H and O–H groups in total. The number of imide groups is 1. The molecule has 0 bridgehead atoms. The van der Waals surface area contributed by atoms with Crippen LogP contribution < -0.4 is 10.6 Å². The number of halogens is 1. The summed E-state index contributed by atoms with van der Waals surface area (Å²) in [5, 5.41) is 5.35. The molecule has 0 unspecified atom stereocenters. The fraction of sp³-hybridized carbons (Fsp3) is 0.400. The zero-order valence-corrected chi connectivity index (χ0v) is 18.6. The van der Waals surface area contributed by atoms with Gasteiger partial charge in [-0.1, -0.05) is 18.2 Å². The Hall–Kier alpha value is -3.30. The number of nitrogens with one attached hydrogen (secondary N) is 2. The Morgan fingerprint density at radius 1 is 1.21 bits per heavy atom. The van der Waals surface area contributed by atoms with Crippen LogP contribution in [0.1, 0.15) is 44.0 Å². The van der Waals surface area contributed by atoms with E-state index >= 15 is 4.39 Å². The second-order valence-corrected chi connectivity index (χ2v) is 8.62. The first-order valence-corrected chi connectivity index (χ1v) is 11.3. The third-order valence-electron chi connectivity index (χ3n) is 6.41. The van der Waals surface area contributed by atoms with Gasteiger partial charge in [-0.05, 0) is 30.2 Å². The number of hydrogen-bond donors (Lipinski definition) is 2. The number of piperidine rings is 1. The first-order valence-electron chi connectivity index (χ1n) is 12.8. The van der Waals surface area contributed by atoms with Gasteiger partial charge >= 0.3 is 0 Å². The summed E-state index contributed by atoms with van der Waals surface area (Å²) in [6.45, 7) is 2.50. The topological polar surface area (TPSA) is 91.0 Å². The fourth-order valence-electron chi connectivity index (χ4n) is 4.56. The van der Waals surface area contributed by atoms with Gasteiger partial charge in [0.2, 0.25) is 11.8 Å². The molecule has 5 rings (SSSR count). The number of nitrogens with zero attached hydrogens (tertiary/aromatic N) is 2. The van der Waals surface area contributed by atoms with Crippen molar-refractivity contribution in [3.05, 3.63) is 64.4 Å². The maximum absolute atomic E-state index is 15.3. The van der Waals surface area contributed by atoms with Crippen molar-refractivity contribution in [1.82, 2.24) is 15.1 Å². The molecule has 3 aliphatic heterocycles. The number of fused-ring (bicyclic) bond motifs is 1. The lowest BCUT2D eigenvalue weighted by atomic mass is 10.0. The molecule has 3 aliphatic rings. The number of benzene rings is 2. The molecule has 9 heteroatoms. The van der Waals surface area contributed by atoms with Gasteiger partial charge in [0.15, 0.2) is 0 Å². The lowest BCUT2D eigenvalue weighted by molar-refractivity contribution is -0.136. The van der Waals surface area contributed by atoms with E-state index < -0.39 is 17.8 Å². The Kier molecular flexibility index (Phi) is 5.33. The van der Waals surface area contributed by atoms with Crippen LogP contribution in [0.4, 0.5) is 10.1 Å². The summed E-state index contributed by atoms with van der Waals surface area (Å²) < 4.78 is 45.7. The highest BCUT2D eigenvalue weighted by Gasteiger charge is 2.39. The molecule has 0 aliphatic carbocycles. The van der Waals surface area contributed by atoms with Gasteiger partial charge in [0.25, 0.3) is 5.91 Å². The molecule has 34 heavy (non-hydrogen) atoms. The van der Waals surface area contributed by atoms with Crippen molar-refractivity contribution in [1.29, 1.82) is 0 Å². The van der Waals surface area contributed by atoms with Gasteiger partial charge in [-0.2, -0.15) is 0 Å². The number of rotatable bonds is 6. The van der Waals surface area contributed by atoms with Gasteiger partial charge in [-0.25, -0.2) is 4.39 Å². The number of amides is 3. The standard InChI is InChI=1S/C25H27FN4O4/c26-20-12-16(14-29-8-10-34-11-9-29)4-5-17(20)13-27-21-3-1-2-18-19(21)15-30(25(18)33)22-6-7-23(31)28-24(22)32/h1-5,12,22,27H,6-11,13-15H2,(H,28,31,32)/t22-/m1/s1/i4D,5D,12D. The average molecular weight is 470 g/mol. The zero-order valence-electron chi connectivity index (χ0n) is 21.6. The lowest BCUT2D eigenvalue weighted by Gasteiger charge is -2.29. The van der Waals surface area contributed by atoms with Crippen LogP contribution in [0.15, 0.2) is 36.3 Å². The molecule has 0 radical (unpaired) electrons. The van der Waals surface area contributed by atoms with Crippen molar-refractivity contribution >= 4 is 23.4 Å². The fourth-order valence-corrected chi connectivity index (χ4v) is 4.56. The van der Waals surface area contributed by atoms with E-state index in [1.165, 1.54) is 4.90 Å². The Balaban J connectivity index is 1.35. The summed E-state index contributed by atoms with van der Waals surface area (Å²) in [5.41, 5.74) is 1.66. The molecule has 1 atom stereocenters. The van der Waals surface area contributed by atoms with E-state index in [1.54, 1.807) is 18.2 Å². The quantitative estimate of drug-likeness (QED) is 0.630. The van der Waals surface area contributed by atoms with E-state index in [1.807, 2.05) is 4.90 Å². The summed E-state index contributed by atoms with van der Waals surface area (Å²) in [6.07, 6.45) is 0.398. The third-order valence-corrected chi connectivity index (χ3v) is 6.41. The smallest absolute Gasteiger partial charge is 0.255 e. The van der Waals surface area contributed by atoms with E-state index in [0.29, 0.717) is 43.1 Å². The van der Waals surface area contributed by atoms with Crippen LogP contribution in [0.25, 0.3) is 0 Å². The number of ether oxygens (including phenoxy) is 1. The summed E-state index contributed by atoms with van der Waals surface area (Å²) in [4.78, 5) is 40.3. The van der Waals surface area contributed by atoms with Crippen molar-refractivity contribution in [3.63, 3.8) is 0 Å². The Bertz CT molecular complexity index is 1260. The Morgan fingerprint density at radius 2 is 2.03 bits per heavy atom. The number of carbonyl (C=O) groups excluding carboxylic acids is 3. The van der Waals surface area contributed by atoms with Crippen molar-refractivity contribution in [2.75, 3.05) is 31.6 Å². The molecule has 8 nitrogen and oxygen atoms in total. The monoisotopic (exact) mass is 469 g/mol. The second kappa shape index (κ2) is 9.52. The summed E-state index contributed by atoms with van der Waals surface area (Å²) in [5.74, 6) is -2.03. The number of morpholine rings is 1. The molecule has 2 fully saturated rings. The molecule has 178 valence electrons. The maximum atomic E-state index is 15.3. The van der Waals surface area contributed by atoms with Crippen LogP contribution in [0, 0.1) is 5.82 Å². The van der Waals surface area contributed by atoms with E-state index in [0.717, 1.165) is 0 Å². The average Bonchev–Trinajstić information content (AvgIpc) is 3.23. The van der Waals surface area contributed by atoms with Gasteiger partial charge in [-0.3, -0.25) is 24.6 Å². The summed E-state index contributed by atoms with van der Waals surface area (Å²) >= 11 is 0. The molecule has 3 heterocycles. The molecular weight excluding hydrogens is 439 g/mol. The molecule has 2 aromatic carbocycles. The molecular formula is C25H27FN4O4.